The number of thiophene rings is 1. The minimum atomic E-state index is -0.965. The Morgan fingerprint density at radius 1 is 1.25 bits per heavy atom. The molecule has 0 saturated heterocycles. The maximum absolute atomic E-state index is 12.3. The number of aromatic nitrogens is 1. The molecule has 1 N–H and O–H groups in total. The van der Waals surface area contributed by atoms with Crippen LogP contribution in [0.4, 0.5) is 0 Å². The maximum Gasteiger partial charge on any atom is 0.335 e. The predicted molar refractivity (Wildman–Crippen MR) is 78.6 cm³/mol. The van der Waals surface area contributed by atoms with Crippen molar-refractivity contribution in [2.45, 2.75) is 6.54 Å². The van der Waals surface area contributed by atoms with Gasteiger partial charge in [-0.2, -0.15) is 0 Å². The van der Waals surface area contributed by atoms with Gasteiger partial charge in [-0.15, -0.1) is 11.3 Å². The van der Waals surface area contributed by atoms with E-state index in [1.807, 2.05) is 23.6 Å². The number of pyridine rings is 1. The Bertz CT molecular complexity index is 847. The van der Waals surface area contributed by atoms with Gasteiger partial charge in [-0.1, -0.05) is 12.1 Å². The van der Waals surface area contributed by atoms with Crippen LogP contribution in [0.1, 0.15) is 15.9 Å². The lowest BCUT2D eigenvalue weighted by atomic mass is 10.1. The van der Waals surface area contributed by atoms with E-state index in [0.717, 1.165) is 10.3 Å². The van der Waals surface area contributed by atoms with Gasteiger partial charge in [0.2, 0.25) is 0 Å². The van der Waals surface area contributed by atoms with Crippen LogP contribution >= 0.6 is 11.3 Å². The summed E-state index contributed by atoms with van der Waals surface area (Å²) < 4.78 is 2.56. The number of nitrogens with zero attached hydrogens (tertiary/aromatic N) is 1. The van der Waals surface area contributed by atoms with Crippen molar-refractivity contribution in [1.29, 1.82) is 0 Å². The van der Waals surface area contributed by atoms with E-state index in [1.165, 1.54) is 17.4 Å². The van der Waals surface area contributed by atoms with Crippen LogP contribution in [-0.4, -0.2) is 15.6 Å². The summed E-state index contributed by atoms with van der Waals surface area (Å²) in [6.07, 6.45) is 1.74. The van der Waals surface area contributed by atoms with Crippen molar-refractivity contribution in [3.63, 3.8) is 0 Å². The van der Waals surface area contributed by atoms with E-state index < -0.39 is 5.97 Å². The molecule has 0 radical (unpaired) electrons. The van der Waals surface area contributed by atoms with Crippen LogP contribution < -0.4 is 5.56 Å². The number of carbonyl (C=O) groups is 1. The van der Waals surface area contributed by atoms with Crippen LogP contribution in [0, 0.1) is 0 Å². The Balaban J connectivity index is 2.01. The fourth-order valence-corrected chi connectivity index (χ4v) is 2.90. The third kappa shape index (κ3) is 2.23. The van der Waals surface area contributed by atoms with Gasteiger partial charge < -0.3 is 9.67 Å². The summed E-state index contributed by atoms with van der Waals surface area (Å²) in [6, 6.07) is 10.3. The molecular formula is C15H11NO3S. The van der Waals surface area contributed by atoms with E-state index >= 15 is 0 Å². The van der Waals surface area contributed by atoms with Crippen molar-refractivity contribution in [3.8, 4) is 0 Å². The lowest BCUT2D eigenvalue weighted by molar-refractivity contribution is 0.0696. The smallest absolute Gasteiger partial charge is 0.335 e. The SMILES string of the molecule is O=C(O)c1cccc(Cn2ccc3sccc3c2=O)c1. The van der Waals surface area contributed by atoms with Crippen LogP contribution in [0.3, 0.4) is 0 Å². The first kappa shape index (κ1) is 12.6. The van der Waals surface area contributed by atoms with E-state index in [0.29, 0.717) is 11.9 Å². The Labute approximate surface area is 118 Å². The molecule has 4 nitrogen and oxygen atoms in total. The zero-order chi connectivity index (χ0) is 14.1. The topological polar surface area (TPSA) is 59.3 Å². The number of benzene rings is 1. The lowest BCUT2D eigenvalue weighted by Gasteiger charge is -2.06. The number of hydrogen-bond acceptors (Lipinski definition) is 3. The molecule has 0 bridgehead atoms. The molecule has 3 aromatic rings. The number of rotatable bonds is 3. The van der Waals surface area contributed by atoms with Crippen LogP contribution in [0.2, 0.25) is 0 Å². The molecule has 100 valence electrons. The monoisotopic (exact) mass is 285 g/mol. The first-order valence-electron chi connectivity index (χ1n) is 6.04. The molecule has 0 saturated carbocycles. The summed E-state index contributed by atoms with van der Waals surface area (Å²) in [4.78, 5) is 23.2. The van der Waals surface area contributed by atoms with E-state index in [9.17, 15) is 9.59 Å². The molecule has 3 rings (SSSR count). The molecule has 0 aliphatic carbocycles. The maximum atomic E-state index is 12.3. The van der Waals surface area contributed by atoms with Gasteiger partial charge in [-0.05, 0) is 35.2 Å². The third-order valence-corrected chi connectivity index (χ3v) is 4.00. The fourth-order valence-electron chi connectivity index (χ4n) is 2.13. The highest BCUT2D eigenvalue weighted by atomic mass is 32.1. The number of carboxylic acids is 1. The molecule has 0 amide bonds. The van der Waals surface area contributed by atoms with Gasteiger partial charge in [0.25, 0.3) is 5.56 Å². The number of aromatic carboxylic acids is 1. The fraction of sp³-hybridized carbons (Fsp3) is 0.0667. The van der Waals surface area contributed by atoms with Gasteiger partial charge in [0.1, 0.15) is 0 Å². The zero-order valence-electron chi connectivity index (χ0n) is 10.4. The molecule has 0 unspecified atom stereocenters. The summed E-state index contributed by atoms with van der Waals surface area (Å²) in [5.41, 5.74) is 0.971. The molecule has 5 heteroatoms. The second kappa shape index (κ2) is 4.94. The molecule has 0 spiro atoms. The van der Waals surface area contributed by atoms with Crippen LogP contribution in [0.5, 0.6) is 0 Å². The summed E-state index contributed by atoms with van der Waals surface area (Å²) in [7, 11) is 0. The number of hydrogen-bond donors (Lipinski definition) is 1. The van der Waals surface area contributed by atoms with Crippen molar-refractivity contribution in [2.24, 2.45) is 0 Å². The summed E-state index contributed by atoms with van der Waals surface area (Å²) in [5, 5.41) is 11.6. The van der Waals surface area contributed by atoms with E-state index in [4.69, 9.17) is 5.11 Å². The van der Waals surface area contributed by atoms with Gasteiger partial charge in [0.05, 0.1) is 17.5 Å². The summed E-state index contributed by atoms with van der Waals surface area (Å²) >= 11 is 1.53. The van der Waals surface area contributed by atoms with Crippen molar-refractivity contribution in [1.82, 2.24) is 4.57 Å². The number of carboxylic acid groups (broad SMARTS) is 1. The van der Waals surface area contributed by atoms with Gasteiger partial charge in [0.15, 0.2) is 0 Å². The lowest BCUT2D eigenvalue weighted by Crippen LogP contribution is -2.19. The third-order valence-electron chi connectivity index (χ3n) is 3.12. The molecule has 20 heavy (non-hydrogen) atoms. The molecule has 0 aliphatic rings. The standard InChI is InChI=1S/C15H11NO3S/c17-14-12-5-7-20-13(12)4-6-16(14)9-10-2-1-3-11(8-10)15(18)19/h1-8H,9H2,(H,18,19). The molecule has 2 aromatic heterocycles. The quantitative estimate of drug-likeness (QED) is 0.805. The molecule has 0 atom stereocenters. The largest absolute Gasteiger partial charge is 0.478 e. The van der Waals surface area contributed by atoms with Crippen LogP contribution in [0.15, 0.2) is 52.8 Å². The highest BCUT2D eigenvalue weighted by Gasteiger charge is 2.06. The molecular weight excluding hydrogens is 274 g/mol. The average molecular weight is 285 g/mol. The second-order valence-corrected chi connectivity index (χ2v) is 5.40. The predicted octanol–water partition coefficient (Wildman–Crippen LogP) is 2.81. The van der Waals surface area contributed by atoms with Gasteiger partial charge in [-0.3, -0.25) is 4.79 Å². The van der Waals surface area contributed by atoms with Crippen LogP contribution in [-0.2, 0) is 6.54 Å². The van der Waals surface area contributed by atoms with Crippen molar-refractivity contribution in [3.05, 3.63) is 69.5 Å². The van der Waals surface area contributed by atoms with Gasteiger partial charge >= 0.3 is 5.97 Å². The first-order chi connectivity index (χ1) is 9.65. The highest BCUT2D eigenvalue weighted by Crippen LogP contribution is 2.16. The minimum Gasteiger partial charge on any atom is -0.478 e. The minimum absolute atomic E-state index is 0.0514. The highest BCUT2D eigenvalue weighted by molar-refractivity contribution is 7.17. The molecule has 2 heterocycles. The second-order valence-electron chi connectivity index (χ2n) is 4.45. The Kier molecular flexibility index (Phi) is 3.12. The van der Waals surface area contributed by atoms with Crippen molar-refractivity contribution < 1.29 is 9.90 Å². The molecule has 1 aromatic carbocycles. The molecule has 0 aliphatic heterocycles. The van der Waals surface area contributed by atoms with Crippen molar-refractivity contribution in [2.75, 3.05) is 0 Å². The Morgan fingerprint density at radius 3 is 2.90 bits per heavy atom. The normalized spacial score (nSPS) is 10.8. The van der Waals surface area contributed by atoms with Crippen LogP contribution in [0.25, 0.3) is 10.1 Å². The molecule has 0 fully saturated rings. The van der Waals surface area contributed by atoms with E-state index in [1.54, 1.807) is 22.9 Å². The Hall–Kier alpha value is -2.40. The van der Waals surface area contributed by atoms with E-state index in [2.05, 4.69) is 0 Å². The van der Waals surface area contributed by atoms with Crippen molar-refractivity contribution >= 4 is 27.4 Å². The number of fused-ring (bicyclic) bond motifs is 1. The zero-order valence-corrected chi connectivity index (χ0v) is 11.3. The van der Waals surface area contributed by atoms with Gasteiger partial charge in [0, 0.05) is 10.9 Å². The summed E-state index contributed by atoms with van der Waals surface area (Å²) in [6.45, 7) is 0.367. The summed E-state index contributed by atoms with van der Waals surface area (Å²) in [5.74, 6) is -0.965. The van der Waals surface area contributed by atoms with Gasteiger partial charge in [-0.25, -0.2) is 4.79 Å². The average Bonchev–Trinajstić information content (AvgIpc) is 2.91. The van der Waals surface area contributed by atoms with E-state index in [-0.39, 0.29) is 11.1 Å². The first-order valence-corrected chi connectivity index (χ1v) is 6.92. The Morgan fingerprint density at radius 2 is 2.10 bits per heavy atom.